The number of carbonyl (C=O) groups is 2. The summed E-state index contributed by atoms with van der Waals surface area (Å²) in [5.41, 5.74) is 3.03. The van der Waals surface area contributed by atoms with Crippen LogP contribution in [0.2, 0.25) is 5.02 Å². The number of nitrogens with zero attached hydrogens (tertiary/aromatic N) is 1. The molecule has 0 bridgehead atoms. The van der Waals surface area contributed by atoms with Gasteiger partial charge in [-0.05, 0) is 86.0 Å². The number of nitrogens with one attached hydrogen (secondary N) is 1. The second kappa shape index (κ2) is 10.5. The molecular formula is C25H17Br2ClN2O4. The highest BCUT2D eigenvalue weighted by molar-refractivity contribution is 9.11. The fraction of sp³-hybridized carbons (Fsp3) is 0.0800. The molecule has 4 rings (SSSR count). The van der Waals surface area contributed by atoms with E-state index in [0.29, 0.717) is 37.6 Å². The molecule has 0 unspecified atom stereocenters. The summed E-state index contributed by atoms with van der Waals surface area (Å²) in [6.07, 6.45) is 1.63. The first-order chi connectivity index (χ1) is 16.3. The molecule has 1 aliphatic rings. The van der Waals surface area contributed by atoms with E-state index >= 15 is 0 Å². The monoisotopic (exact) mass is 602 g/mol. The van der Waals surface area contributed by atoms with Crippen LogP contribution in [-0.2, 0) is 20.9 Å². The molecule has 0 radical (unpaired) electrons. The number of hydrogen-bond acceptors (Lipinski definition) is 5. The Hall–Kier alpha value is -2.94. The van der Waals surface area contributed by atoms with Crippen molar-refractivity contribution in [3.05, 3.63) is 97.0 Å². The van der Waals surface area contributed by atoms with E-state index < -0.39 is 5.97 Å². The second-order valence-corrected chi connectivity index (χ2v) is 9.40. The Balaban J connectivity index is 1.53. The zero-order valence-electron chi connectivity index (χ0n) is 17.8. The Morgan fingerprint density at radius 1 is 1.12 bits per heavy atom. The van der Waals surface area contributed by atoms with Crippen LogP contribution in [0.3, 0.4) is 0 Å². The van der Waals surface area contributed by atoms with Crippen molar-refractivity contribution in [3.8, 4) is 5.75 Å². The number of esters is 1. The van der Waals surface area contributed by atoms with Gasteiger partial charge in [0.15, 0.2) is 5.70 Å². The van der Waals surface area contributed by atoms with Gasteiger partial charge in [0.2, 0.25) is 11.8 Å². The van der Waals surface area contributed by atoms with Crippen molar-refractivity contribution >= 4 is 73.0 Å². The Labute approximate surface area is 217 Å². The Morgan fingerprint density at radius 2 is 1.79 bits per heavy atom. The maximum absolute atomic E-state index is 12.4. The van der Waals surface area contributed by atoms with E-state index in [-0.39, 0.29) is 17.5 Å². The summed E-state index contributed by atoms with van der Waals surface area (Å²) in [5.74, 6) is 0.0930. The van der Waals surface area contributed by atoms with Gasteiger partial charge in [-0.2, -0.15) is 0 Å². The Morgan fingerprint density at radius 3 is 2.44 bits per heavy atom. The molecule has 0 spiro atoms. The molecule has 9 heteroatoms. The zero-order chi connectivity index (χ0) is 24.2. The Bertz CT molecular complexity index is 1310. The van der Waals surface area contributed by atoms with Crippen LogP contribution in [0.1, 0.15) is 23.6 Å². The normalized spacial score (nSPS) is 14.1. The number of benzene rings is 3. The van der Waals surface area contributed by atoms with Crippen molar-refractivity contribution in [1.29, 1.82) is 0 Å². The van der Waals surface area contributed by atoms with Crippen LogP contribution in [0.4, 0.5) is 5.69 Å². The SMILES string of the molecule is CC(=O)Nc1ccc(C2=N/C(=C\c3cc(Br)c(OCc4ccccc4Cl)c(Br)c3)C(=O)O2)cc1. The third kappa shape index (κ3) is 5.75. The van der Waals surface area contributed by atoms with Gasteiger partial charge in [0.1, 0.15) is 12.4 Å². The number of aliphatic imine (C=N–C) groups is 1. The van der Waals surface area contributed by atoms with Gasteiger partial charge in [-0.1, -0.05) is 29.8 Å². The van der Waals surface area contributed by atoms with Gasteiger partial charge in [-0.25, -0.2) is 9.79 Å². The molecule has 0 saturated carbocycles. The van der Waals surface area contributed by atoms with Crippen molar-refractivity contribution in [1.82, 2.24) is 0 Å². The van der Waals surface area contributed by atoms with Crippen molar-refractivity contribution < 1.29 is 19.1 Å². The molecule has 1 amide bonds. The molecule has 1 N–H and O–H groups in total. The lowest BCUT2D eigenvalue weighted by molar-refractivity contribution is -0.129. The molecule has 172 valence electrons. The van der Waals surface area contributed by atoms with Gasteiger partial charge in [0.05, 0.1) is 8.95 Å². The molecular weight excluding hydrogens is 588 g/mol. The maximum atomic E-state index is 12.4. The smallest absolute Gasteiger partial charge is 0.363 e. The van der Waals surface area contributed by atoms with Gasteiger partial charge in [0.25, 0.3) is 0 Å². The van der Waals surface area contributed by atoms with E-state index in [2.05, 4.69) is 42.2 Å². The predicted molar refractivity (Wildman–Crippen MR) is 139 cm³/mol. The first-order valence-electron chi connectivity index (χ1n) is 10.1. The second-order valence-electron chi connectivity index (χ2n) is 7.29. The van der Waals surface area contributed by atoms with Crippen LogP contribution < -0.4 is 10.1 Å². The standard InChI is InChI=1S/C25H17Br2ClN2O4/c1-14(31)29-18-8-6-16(7-9-18)24-30-22(25(32)34-24)12-15-10-19(26)23(20(27)11-15)33-13-17-4-2-3-5-21(17)28/h2-12H,13H2,1H3,(H,29,31)/b22-12-. The van der Waals surface area contributed by atoms with E-state index in [1.54, 1.807) is 30.3 Å². The van der Waals surface area contributed by atoms with E-state index in [4.69, 9.17) is 21.1 Å². The highest BCUT2D eigenvalue weighted by atomic mass is 79.9. The number of rotatable bonds is 6. The van der Waals surface area contributed by atoms with Crippen molar-refractivity contribution in [3.63, 3.8) is 0 Å². The average Bonchev–Trinajstić information content (AvgIpc) is 3.14. The summed E-state index contributed by atoms with van der Waals surface area (Å²) in [6, 6.07) is 18.0. The largest absolute Gasteiger partial charge is 0.486 e. The minimum Gasteiger partial charge on any atom is -0.486 e. The highest BCUT2D eigenvalue weighted by Gasteiger charge is 2.24. The number of ether oxygens (including phenoxy) is 2. The fourth-order valence-electron chi connectivity index (χ4n) is 3.16. The third-order valence-electron chi connectivity index (χ3n) is 4.73. The molecule has 0 aliphatic carbocycles. The number of halogens is 3. The quantitative estimate of drug-likeness (QED) is 0.250. The number of hydrogen-bond donors (Lipinski definition) is 1. The topological polar surface area (TPSA) is 77.0 Å². The van der Waals surface area contributed by atoms with E-state index in [1.165, 1.54) is 6.92 Å². The van der Waals surface area contributed by atoms with Crippen LogP contribution in [0, 0.1) is 0 Å². The summed E-state index contributed by atoms with van der Waals surface area (Å²) in [4.78, 5) is 27.9. The van der Waals surface area contributed by atoms with Gasteiger partial charge in [0, 0.05) is 28.8 Å². The number of carbonyl (C=O) groups excluding carboxylic acids is 2. The van der Waals surface area contributed by atoms with Gasteiger partial charge < -0.3 is 14.8 Å². The summed E-state index contributed by atoms with van der Waals surface area (Å²) >= 11 is 13.3. The Kier molecular flexibility index (Phi) is 7.50. The minimum absolute atomic E-state index is 0.166. The van der Waals surface area contributed by atoms with E-state index in [1.807, 2.05) is 36.4 Å². The van der Waals surface area contributed by atoms with E-state index in [0.717, 1.165) is 11.1 Å². The fourth-order valence-corrected chi connectivity index (χ4v) is 4.80. The number of cyclic esters (lactones) is 1. The lowest BCUT2D eigenvalue weighted by Crippen LogP contribution is -2.07. The first-order valence-corrected chi connectivity index (χ1v) is 12.0. The van der Waals surface area contributed by atoms with Crippen LogP contribution in [0.25, 0.3) is 6.08 Å². The summed E-state index contributed by atoms with van der Waals surface area (Å²) in [6.45, 7) is 1.74. The lowest BCUT2D eigenvalue weighted by atomic mass is 10.2. The van der Waals surface area contributed by atoms with Crippen LogP contribution in [-0.4, -0.2) is 17.8 Å². The number of amides is 1. The molecule has 1 heterocycles. The van der Waals surface area contributed by atoms with Crippen LogP contribution >= 0.6 is 43.5 Å². The summed E-state index contributed by atoms with van der Waals surface area (Å²) in [7, 11) is 0. The average molecular weight is 605 g/mol. The molecule has 34 heavy (non-hydrogen) atoms. The zero-order valence-corrected chi connectivity index (χ0v) is 21.7. The maximum Gasteiger partial charge on any atom is 0.363 e. The minimum atomic E-state index is -0.549. The van der Waals surface area contributed by atoms with E-state index in [9.17, 15) is 9.59 Å². The van der Waals surface area contributed by atoms with Gasteiger partial charge in [-0.15, -0.1) is 0 Å². The van der Waals surface area contributed by atoms with Crippen LogP contribution in [0.5, 0.6) is 5.75 Å². The molecule has 3 aromatic rings. The van der Waals surface area contributed by atoms with Crippen molar-refractivity contribution in [2.45, 2.75) is 13.5 Å². The first kappa shape index (κ1) is 24.2. The van der Waals surface area contributed by atoms with Crippen molar-refractivity contribution in [2.24, 2.45) is 4.99 Å². The third-order valence-corrected chi connectivity index (χ3v) is 6.27. The molecule has 0 fully saturated rings. The van der Waals surface area contributed by atoms with Crippen LogP contribution in [0.15, 0.2) is 80.3 Å². The van der Waals surface area contributed by atoms with Crippen molar-refractivity contribution in [2.75, 3.05) is 5.32 Å². The van der Waals surface area contributed by atoms with Gasteiger partial charge in [-0.3, -0.25) is 4.79 Å². The van der Waals surface area contributed by atoms with Gasteiger partial charge >= 0.3 is 5.97 Å². The molecule has 1 aliphatic heterocycles. The summed E-state index contributed by atoms with van der Waals surface area (Å²) < 4.78 is 12.7. The molecule has 0 atom stereocenters. The molecule has 6 nitrogen and oxygen atoms in total. The number of anilines is 1. The molecule has 0 saturated heterocycles. The lowest BCUT2D eigenvalue weighted by Gasteiger charge is -2.12. The molecule has 0 aromatic heterocycles. The molecule has 3 aromatic carbocycles. The highest BCUT2D eigenvalue weighted by Crippen LogP contribution is 2.36. The predicted octanol–water partition coefficient (Wildman–Crippen LogP) is 6.75. The summed E-state index contributed by atoms with van der Waals surface area (Å²) in [5, 5.41) is 3.32.